The molecule has 0 aromatic heterocycles. The third-order valence-corrected chi connectivity index (χ3v) is 4.01. The Morgan fingerprint density at radius 3 is 3.07 bits per heavy atom. The molecule has 0 saturated heterocycles. The number of carbonyl (C=O) groups is 1. The van der Waals surface area contributed by atoms with E-state index in [1.807, 2.05) is 17.8 Å². The number of rotatable bonds is 4. The zero-order chi connectivity index (χ0) is 11.3. The van der Waals surface area contributed by atoms with E-state index in [1.54, 1.807) is 0 Å². The summed E-state index contributed by atoms with van der Waals surface area (Å²) in [6.45, 7) is 2.15. The maximum Gasteiger partial charge on any atom is 0.333 e. The number of thioether (sulfide) groups is 1. The molecular formula is C11H19NO2S. The van der Waals surface area contributed by atoms with Crippen LogP contribution in [0.4, 0.5) is 0 Å². The number of methoxy groups -OCH3 is 1. The highest BCUT2D eigenvalue weighted by atomic mass is 32.2. The van der Waals surface area contributed by atoms with E-state index in [0.717, 1.165) is 30.6 Å². The summed E-state index contributed by atoms with van der Waals surface area (Å²) in [6.07, 6.45) is 4.74. The van der Waals surface area contributed by atoms with Gasteiger partial charge >= 0.3 is 5.97 Å². The van der Waals surface area contributed by atoms with Crippen LogP contribution in [0.5, 0.6) is 0 Å². The maximum absolute atomic E-state index is 11.4. The molecule has 1 unspecified atom stereocenters. The molecule has 0 radical (unpaired) electrons. The predicted octanol–water partition coefficient (Wildman–Crippen LogP) is 1.72. The first-order valence-corrected chi connectivity index (χ1v) is 6.40. The molecule has 0 aromatic carbocycles. The predicted molar refractivity (Wildman–Crippen MR) is 63.8 cm³/mol. The first kappa shape index (κ1) is 12.6. The molecular weight excluding hydrogens is 210 g/mol. The minimum absolute atomic E-state index is 0.176. The van der Waals surface area contributed by atoms with Crippen molar-refractivity contribution in [3.63, 3.8) is 0 Å². The van der Waals surface area contributed by atoms with E-state index in [2.05, 4.69) is 6.92 Å². The van der Waals surface area contributed by atoms with E-state index in [0.29, 0.717) is 0 Å². The highest BCUT2D eigenvalue weighted by Gasteiger charge is 2.24. The standard InChI is InChI=1S/C11H19NO2S/c1-3-6-15-10-7-8(11(13)14-2)4-5-9(10)12/h7,9-10H,3-6,12H2,1-2H3/t9-,10?/m1/s1. The largest absolute Gasteiger partial charge is 0.466 e. The Kier molecular flexibility index (Phi) is 5.19. The van der Waals surface area contributed by atoms with E-state index >= 15 is 0 Å². The summed E-state index contributed by atoms with van der Waals surface area (Å²) in [7, 11) is 1.42. The highest BCUT2D eigenvalue weighted by molar-refractivity contribution is 8.00. The van der Waals surface area contributed by atoms with E-state index in [-0.39, 0.29) is 17.3 Å². The summed E-state index contributed by atoms with van der Waals surface area (Å²) in [5.41, 5.74) is 6.79. The lowest BCUT2D eigenvalue weighted by atomic mass is 9.95. The fraction of sp³-hybridized carbons (Fsp3) is 0.727. The Bertz CT molecular complexity index is 253. The van der Waals surface area contributed by atoms with Gasteiger partial charge in [-0.1, -0.05) is 13.0 Å². The van der Waals surface area contributed by atoms with Crippen molar-refractivity contribution in [1.82, 2.24) is 0 Å². The molecule has 4 heteroatoms. The second kappa shape index (κ2) is 6.18. The molecule has 0 spiro atoms. The van der Waals surface area contributed by atoms with Gasteiger partial charge in [-0.05, 0) is 25.0 Å². The van der Waals surface area contributed by atoms with Crippen LogP contribution in [-0.4, -0.2) is 30.1 Å². The first-order chi connectivity index (χ1) is 7.19. The summed E-state index contributed by atoms with van der Waals surface area (Å²) in [5, 5.41) is 0.271. The number of hydrogen-bond acceptors (Lipinski definition) is 4. The summed E-state index contributed by atoms with van der Waals surface area (Å²) >= 11 is 1.83. The van der Waals surface area contributed by atoms with Crippen LogP contribution in [0.1, 0.15) is 26.2 Å². The molecule has 15 heavy (non-hydrogen) atoms. The van der Waals surface area contributed by atoms with Crippen molar-refractivity contribution in [2.24, 2.45) is 5.73 Å². The van der Waals surface area contributed by atoms with Crippen LogP contribution >= 0.6 is 11.8 Å². The minimum atomic E-state index is -0.205. The van der Waals surface area contributed by atoms with Gasteiger partial charge in [0, 0.05) is 16.9 Å². The van der Waals surface area contributed by atoms with Crippen LogP contribution in [0.25, 0.3) is 0 Å². The number of hydrogen-bond donors (Lipinski definition) is 1. The Labute approximate surface area is 95.4 Å². The molecule has 0 bridgehead atoms. The number of nitrogens with two attached hydrogens (primary N) is 1. The van der Waals surface area contributed by atoms with Crippen molar-refractivity contribution in [3.05, 3.63) is 11.6 Å². The van der Waals surface area contributed by atoms with Gasteiger partial charge in [-0.3, -0.25) is 0 Å². The summed E-state index contributed by atoms with van der Waals surface area (Å²) < 4.78 is 4.72. The Morgan fingerprint density at radius 2 is 2.47 bits per heavy atom. The third-order valence-electron chi connectivity index (χ3n) is 2.50. The maximum atomic E-state index is 11.4. The second-order valence-corrected chi connectivity index (χ2v) is 5.01. The fourth-order valence-corrected chi connectivity index (χ4v) is 2.77. The molecule has 86 valence electrons. The van der Waals surface area contributed by atoms with Crippen molar-refractivity contribution < 1.29 is 9.53 Å². The minimum Gasteiger partial charge on any atom is -0.466 e. The van der Waals surface area contributed by atoms with Crippen molar-refractivity contribution in [3.8, 4) is 0 Å². The van der Waals surface area contributed by atoms with Crippen LogP contribution in [0.15, 0.2) is 11.6 Å². The van der Waals surface area contributed by atoms with Crippen molar-refractivity contribution in [1.29, 1.82) is 0 Å². The van der Waals surface area contributed by atoms with E-state index < -0.39 is 0 Å². The van der Waals surface area contributed by atoms with Gasteiger partial charge in [0.2, 0.25) is 0 Å². The molecule has 0 aromatic rings. The summed E-state index contributed by atoms with van der Waals surface area (Å²) in [6, 6.07) is 0.176. The van der Waals surface area contributed by atoms with Gasteiger partial charge in [0.1, 0.15) is 0 Å². The van der Waals surface area contributed by atoms with Crippen LogP contribution in [0.2, 0.25) is 0 Å². The number of carbonyl (C=O) groups excluding carboxylic acids is 1. The lowest BCUT2D eigenvalue weighted by Gasteiger charge is -2.26. The lowest BCUT2D eigenvalue weighted by Crippen LogP contribution is -2.35. The van der Waals surface area contributed by atoms with E-state index in [1.165, 1.54) is 7.11 Å². The zero-order valence-corrected chi connectivity index (χ0v) is 10.2. The average molecular weight is 229 g/mol. The van der Waals surface area contributed by atoms with E-state index in [4.69, 9.17) is 10.5 Å². The SMILES string of the molecule is CCCSC1C=C(C(=O)OC)CC[C@H]1N. The third kappa shape index (κ3) is 3.54. The fourth-order valence-electron chi connectivity index (χ4n) is 1.62. The second-order valence-electron chi connectivity index (χ2n) is 3.72. The van der Waals surface area contributed by atoms with Crippen LogP contribution in [-0.2, 0) is 9.53 Å². The van der Waals surface area contributed by atoms with Gasteiger partial charge in [0.15, 0.2) is 0 Å². The van der Waals surface area contributed by atoms with Crippen LogP contribution in [0.3, 0.4) is 0 Å². The van der Waals surface area contributed by atoms with Gasteiger partial charge in [-0.25, -0.2) is 4.79 Å². The molecule has 0 aliphatic heterocycles. The Balaban J connectivity index is 2.62. The van der Waals surface area contributed by atoms with Gasteiger partial charge in [0.05, 0.1) is 7.11 Å². The highest BCUT2D eigenvalue weighted by Crippen LogP contribution is 2.27. The average Bonchev–Trinajstić information content (AvgIpc) is 2.27. The van der Waals surface area contributed by atoms with Crippen LogP contribution < -0.4 is 5.73 Å². The van der Waals surface area contributed by atoms with Crippen molar-refractivity contribution >= 4 is 17.7 Å². The molecule has 2 N–H and O–H groups in total. The zero-order valence-electron chi connectivity index (χ0n) is 9.36. The molecule has 1 aliphatic rings. The molecule has 2 atom stereocenters. The normalized spacial score (nSPS) is 25.9. The molecule has 1 rings (SSSR count). The molecule has 1 aliphatic carbocycles. The van der Waals surface area contributed by atoms with Crippen molar-refractivity contribution in [2.75, 3.05) is 12.9 Å². The monoisotopic (exact) mass is 229 g/mol. The van der Waals surface area contributed by atoms with Gasteiger partial charge in [0.25, 0.3) is 0 Å². The Hall–Kier alpha value is -0.480. The molecule has 0 saturated carbocycles. The van der Waals surface area contributed by atoms with E-state index in [9.17, 15) is 4.79 Å². The first-order valence-electron chi connectivity index (χ1n) is 5.35. The smallest absolute Gasteiger partial charge is 0.333 e. The van der Waals surface area contributed by atoms with Crippen LogP contribution in [0, 0.1) is 0 Å². The Morgan fingerprint density at radius 1 is 1.73 bits per heavy atom. The molecule has 0 fully saturated rings. The number of ether oxygens (including phenoxy) is 1. The van der Waals surface area contributed by atoms with Gasteiger partial charge < -0.3 is 10.5 Å². The quantitative estimate of drug-likeness (QED) is 0.746. The number of esters is 1. The summed E-state index contributed by atoms with van der Waals surface area (Å²) in [4.78, 5) is 11.4. The summed E-state index contributed by atoms with van der Waals surface area (Å²) in [5.74, 6) is 0.882. The lowest BCUT2D eigenvalue weighted by molar-refractivity contribution is -0.136. The molecule has 0 heterocycles. The topological polar surface area (TPSA) is 52.3 Å². The van der Waals surface area contributed by atoms with Crippen molar-refractivity contribution in [2.45, 2.75) is 37.5 Å². The van der Waals surface area contributed by atoms with Gasteiger partial charge in [-0.15, -0.1) is 0 Å². The van der Waals surface area contributed by atoms with Gasteiger partial charge in [-0.2, -0.15) is 11.8 Å². The molecule has 0 amide bonds. The molecule has 3 nitrogen and oxygen atoms in total.